The fraction of sp³-hybridized carbons (Fsp3) is 0.0667. The van der Waals surface area contributed by atoms with Crippen molar-refractivity contribution in [1.82, 2.24) is 4.98 Å². The Morgan fingerprint density at radius 1 is 1.10 bits per heavy atom. The first-order chi connectivity index (χ1) is 9.63. The van der Waals surface area contributed by atoms with E-state index in [0.29, 0.717) is 0 Å². The molecule has 20 heavy (non-hydrogen) atoms. The Kier molecular flexibility index (Phi) is 3.28. The number of hydrogen-bond acceptors (Lipinski definition) is 2. The van der Waals surface area contributed by atoms with Crippen LogP contribution in [0.1, 0.15) is 5.56 Å². The van der Waals surface area contributed by atoms with Gasteiger partial charge in [0.25, 0.3) is 0 Å². The topological polar surface area (TPSA) is 49.9 Å². The largest absolute Gasteiger partial charge is 0.360 e. The molecule has 0 aliphatic rings. The van der Waals surface area contributed by atoms with Crippen LogP contribution < -0.4 is 0 Å². The highest BCUT2D eigenvalue weighted by Gasteiger charge is 2.07. The zero-order chi connectivity index (χ0) is 14.1. The number of aromatic amines is 1. The Morgan fingerprint density at radius 3 is 2.75 bits per heavy atom. The highest BCUT2D eigenvalue weighted by Crippen LogP contribution is 2.29. The molecule has 0 spiro atoms. The second-order valence-corrected chi connectivity index (χ2v) is 5.57. The predicted molar refractivity (Wildman–Crippen MR) is 77.7 cm³/mol. The smallest absolute Gasteiger partial charge is 0.144 e. The number of fused-ring (bicyclic) bond motifs is 1. The molecule has 3 nitrogen and oxygen atoms in total. The lowest BCUT2D eigenvalue weighted by molar-refractivity contribution is 0.614. The number of H-pyrrole nitrogens is 1. The van der Waals surface area contributed by atoms with E-state index in [4.69, 9.17) is 0 Å². The molecule has 0 fully saturated rings. The Morgan fingerprint density at radius 2 is 1.95 bits per heavy atom. The van der Waals surface area contributed by atoms with Crippen molar-refractivity contribution in [1.29, 1.82) is 0 Å². The van der Waals surface area contributed by atoms with E-state index in [1.807, 2.05) is 18.2 Å². The van der Waals surface area contributed by atoms with Gasteiger partial charge in [0.2, 0.25) is 0 Å². The van der Waals surface area contributed by atoms with E-state index in [1.165, 1.54) is 12.1 Å². The third-order valence-electron chi connectivity index (χ3n) is 3.19. The van der Waals surface area contributed by atoms with Crippen molar-refractivity contribution < 1.29 is 12.8 Å². The van der Waals surface area contributed by atoms with Crippen molar-refractivity contribution in [3.63, 3.8) is 0 Å². The van der Waals surface area contributed by atoms with Crippen molar-refractivity contribution in [2.45, 2.75) is 5.75 Å². The molecule has 0 bridgehead atoms. The molecule has 0 atom stereocenters. The first kappa shape index (κ1) is 12.9. The van der Waals surface area contributed by atoms with Gasteiger partial charge < -0.3 is 4.98 Å². The Bertz CT molecular complexity index is 844. The molecular formula is C15H12FNO2S. The molecule has 0 saturated carbocycles. The van der Waals surface area contributed by atoms with E-state index in [9.17, 15) is 12.8 Å². The van der Waals surface area contributed by atoms with Gasteiger partial charge in [0.1, 0.15) is 16.5 Å². The molecule has 0 aliphatic carbocycles. The van der Waals surface area contributed by atoms with Crippen LogP contribution in [-0.4, -0.2) is 13.4 Å². The minimum Gasteiger partial charge on any atom is -0.360 e. The summed E-state index contributed by atoms with van der Waals surface area (Å²) in [7, 11) is -2.44. The summed E-state index contributed by atoms with van der Waals surface area (Å²) in [6.07, 6.45) is 1.81. The van der Waals surface area contributed by atoms with Gasteiger partial charge in [-0.1, -0.05) is 24.3 Å². The van der Waals surface area contributed by atoms with Crippen LogP contribution in [0.4, 0.5) is 4.39 Å². The zero-order valence-electron chi connectivity index (χ0n) is 10.5. The Labute approximate surface area is 117 Å². The quantitative estimate of drug-likeness (QED) is 0.728. The normalized spacial score (nSPS) is 11.3. The van der Waals surface area contributed by atoms with Gasteiger partial charge in [-0.15, -0.1) is 0 Å². The number of rotatable bonds is 3. The second-order valence-electron chi connectivity index (χ2n) is 4.58. The molecule has 0 radical (unpaired) electrons. The van der Waals surface area contributed by atoms with E-state index < -0.39 is 10.7 Å². The lowest BCUT2D eigenvalue weighted by Gasteiger charge is -2.02. The molecule has 3 rings (SSSR count). The van der Waals surface area contributed by atoms with Gasteiger partial charge in [-0.25, -0.2) is 12.8 Å². The summed E-state index contributed by atoms with van der Waals surface area (Å²) in [4.78, 5) is 3.03. The first-order valence-electron chi connectivity index (χ1n) is 6.11. The molecule has 0 saturated heterocycles. The van der Waals surface area contributed by atoms with Crippen LogP contribution in [0, 0.1) is 5.82 Å². The molecule has 0 aliphatic heterocycles. The summed E-state index contributed by atoms with van der Waals surface area (Å²) in [6, 6.07) is 11.9. The van der Waals surface area contributed by atoms with Crippen LogP contribution in [0.15, 0.2) is 48.7 Å². The summed E-state index contributed by atoms with van der Waals surface area (Å²) >= 11 is 0. The van der Waals surface area contributed by atoms with Crippen LogP contribution >= 0.6 is 0 Å². The fourth-order valence-electron chi connectivity index (χ4n) is 2.32. The molecule has 0 amide bonds. The van der Waals surface area contributed by atoms with Crippen LogP contribution in [-0.2, 0) is 16.5 Å². The summed E-state index contributed by atoms with van der Waals surface area (Å²) in [5, 5.41) is 0.912. The van der Waals surface area contributed by atoms with E-state index in [2.05, 4.69) is 4.98 Å². The zero-order valence-corrected chi connectivity index (χ0v) is 11.4. The van der Waals surface area contributed by atoms with Crippen LogP contribution in [0.2, 0.25) is 0 Å². The maximum Gasteiger partial charge on any atom is 0.144 e. The highest BCUT2D eigenvalue weighted by molar-refractivity contribution is 7.71. The van der Waals surface area contributed by atoms with Crippen LogP contribution in [0.3, 0.4) is 0 Å². The van der Waals surface area contributed by atoms with Crippen molar-refractivity contribution in [2.24, 2.45) is 0 Å². The van der Waals surface area contributed by atoms with E-state index in [-0.39, 0.29) is 11.6 Å². The standard InChI is InChI=1S/C15H12FNO2S/c16-12-4-5-13-14(8-17-15(13)7-12)11-3-1-2-10(6-11)9-20(18)19/h1-8,17,20H,9H2. The van der Waals surface area contributed by atoms with Gasteiger partial charge in [0, 0.05) is 22.7 Å². The summed E-state index contributed by atoms with van der Waals surface area (Å²) in [6.45, 7) is 0. The van der Waals surface area contributed by atoms with Crippen molar-refractivity contribution in [3.05, 3.63) is 60.0 Å². The number of thiol groups is 1. The number of nitrogens with one attached hydrogen (secondary N) is 1. The number of aromatic nitrogens is 1. The highest BCUT2D eigenvalue weighted by atomic mass is 32.2. The maximum atomic E-state index is 13.2. The molecule has 1 heterocycles. The average molecular weight is 289 g/mol. The van der Waals surface area contributed by atoms with Gasteiger partial charge >= 0.3 is 0 Å². The summed E-state index contributed by atoms with van der Waals surface area (Å²) < 4.78 is 34.8. The monoisotopic (exact) mass is 289 g/mol. The second kappa shape index (κ2) is 5.09. The molecular weight excluding hydrogens is 277 g/mol. The van der Waals surface area contributed by atoms with Gasteiger partial charge in [0.15, 0.2) is 0 Å². The number of benzene rings is 2. The van der Waals surface area contributed by atoms with Gasteiger partial charge in [0.05, 0.1) is 5.75 Å². The minimum absolute atomic E-state index is 0.0279. The first-order valence-corrected chi connectivity index (χ1v) is 7.47. The van der Waals surface area contributed by atoms with Crippen LogP contribution in [0.25, 0.3) is 22.0 Å². The minimum atomic E-state index is -2.44. The molecule has 5 heteroatoms. The average Bonchev–Trinajstić information content (AvgIpc) is 2.81. The maximum absolute atomic E-state index is 13.2. The molecule has 2 aromatic carbocycles. The van der Waals surface area contributed by atoms with E-state index >= 15 is 0 Å². The molecule has 1 aromatic heterocycles. The van der Waals surface area contributed by atoms with Crippen LogP contribution in [0.5, 0.6) is 0 Å². The molecule has 3 aromatic rings. The van der Waals surface area contributed by atoms with Gasteiger partial charge in [-0.2, -0.15) is 0 Å². The third kappa shape index (κ3) is 2.44. The Balaban J connectivity index is 2.11. The van der Waals surface area contributed by atoms with Crippen molar-refractivity contribution in [2.75, 3.05) is 0 Å². The summed E-state index contributed by atoms with van der Waals surface area (Å²) in [5.74, 6) is -0.261. The molecule has 1 N–H and O–H groups in total. The summed E-state index contributed by atoms with van der Waals surface area (Å²) in [5.41, 5.74) is 3.32. The van der Waals surface area contributed by atoms with Gasteiger partial charge in [-0.3, -0.25) is 0 Å². The van der Waals surface area contributed by atoms with E-state index in [1.54, 1.807) is 18.3 Å². The number of hydrogen-bond donors (Lipinski definition) is 2. The fourth-order valence-corrected chi connectivity index (χ4v) is 2.82. The number of halogens is 1. The van der Waals surface area contributed by atoms with E-state index in [0.717, 1.165) is 27.6 Å². The lowest BCUT2D eigenvalue weighted by Crippen LogP contribution is -1.87. The SMILES string of the molecule is O=[SH](=O)Cc1cccc(-c2c[nH]c3cc(F)ccc23)c1. The van der Waals surface area contributed by atoms with Crippen molar-refractivity contribution in [3.8, 4) is 11.1 Å². The molecule has 102 valence electrons. The Hall–Kier alpha value is -2.14. The lowest BCUT2D eigenvalue weighted by atomic mass is 10.0. The predicted octanol–water partition coefficient (Wildman–Crippen LogP) is 3.09. The molecule has 0 unspecified atom stereocenters. The van der Waals surface area contributed by atoms with Crippen molar-refractivity contribution >= 4 is 21.6 Å². The third-order valence-corrected chi connectivity index (χ3v) is 3.82. The van der Waals surface area contributed by atoms with Gasteiger partial charge in [-0.05, 0) is 29.3 Å².